The molecule has 4 nitrogen and oxygen atoms in total. The molecular weight excluding hydrogens is 305 g/mol. The van der Waals surface area contributed by atoms with Gasteiger partial charge in [0.05, 0.1) is 11.1 Å². The van der Waals surface area contributed by atoms with Gasteiger partial charge in [0, 0.05) is 6.04 Å². The highest BCUT2D eigenvalue weighted by Crippen LogP contribution is 2.24. The molecule has 0 saturated heterocycles. The second kappa shape index (κ2) is 6.39. The Morgan fingerprint density at radius 3 is 2.70 bits per heavy atom. The lowest BCUT2D eigenvalue weighted by Gasteiger charge is -2.21. The molecule has 1 aliphatic rings. The van der Waals surface area contributed by atoms with Crippen molar-refractivity contribution in [2.75, 3.05) is 0 Å². The molecule has 0 aromatic heterocycles. The second-order valence-electron chi connectivity index (χ2n) is 5.01. The van der Waals surface area contributed by atoms with Crippen LogP contribution in [-0.4, -0.2) is 25.7 Å². The van der Waals surface area contributed by atoms with Crippen LogP contribution in [0.5, 0.6) is 0 Å². The highest BCUT2D eigenvalue weighted by atomic mass is 35.5. The van der Waals surface area contributed by atoms with E-state index in [1.807, 2.05) is 0 Å². The average Bonchev–Trinajstić information content (AvgIpc) is 2.57. The Morgan fingerprint density at radius 2 is 1.95 bits per heavy atom. The fourth-order valence-electron chi connectivity index (χ4n) is 2.37. The maximum absolute atomic E-state index is 13.2. The fraction of sp³-hybridized carbons (Fsp3) is 0.538. The van der Waals surface area contributed by atoms with Gasteiger partial charge in [0.2, 0.25) is 10.0 Å². The number of hydrogen-bond donors (Lipinski definition) is 2. The zero-order chi connectivity index (χ0) is 14.8. The van der Waals surface area contributed by atoms with Crippen LogP contribution in [-0.2, 0) is 10.0 Å². The van der Waals surface area contributed by atoms with E-state index in [0.717, 1.165) is 31.4 Å². The summed E-state index contributed by atoms with van der Waals surface area (Å²) in [4.78, 5) is -0.296. The van der Waals surface area contributed by atoms with Crippen molar-refractivity contribution < 1.29 is 17.9 Å². The van der Waals surface area contributed by atoms with Gasteiger partial charge in [0.1, 0.15) is 10.7 Å². The molecule has 1 fully saturated rings. The Bertz CT molecular complexity index is 579. The largest absolute Gasteiger partial charge is 0.391 e. The van der Waals surface area contributed by atoms with E-state index in [-0.39, 0.29) is 9.92 Å². The Balaban J connectivity index is 2.24. The van der Waals surface area contributed by atoms with Gasteiger partial charge < -0.3 is 5.11 Å². The van der Waals surface area contributed by atoms with Crippen molar-refractivity contribution in [2.24, 2.45) is 0 Å². The minimum Gasteiger partial charge on any atom is -0.391 e. The Hall–Kier alpha value is -0.690. The van der Waals surface area contributed by atoms with Gasteiger partial charge in [-0.1, -0.05) is 30.9 Å². The van der Waals surface area contributed by atoms with E-state index >= 15 is 0 Å². The number of aliphatic hydroxyl groups is 1. The molecule has 0 bridgehead atoms. The molecule has 2 atom stereocenters. The van der Waals surface area contributed by atoms with Gasteiger partial charge in [-0.05, 0) is 31.0 Å². The summed E-state index contributed by atoms with van der Waals surface area (Å²) in [5, 5.41) is 9.91. The van der Waals surface area contributed by atoms with Crippen LogP contribution in [0.1, 0.15) is 32.1 Å². The number of hydrogen-bond acceptors (Lipinski definition) is 3. The van der Waals surface area contributed by atoms with Crippen LogP contribution in [0.4, 0.5) is 4.39 Å². The minimum absolute atomic E-state index is 0.0398. The fourth-order valence-corrected chi connectivity index (χ4v) is 4.19. The van der Waals surface area contributed by atoms with Gasteiger partial charge in [0.15, 0.2) is 0 Å². The molecule has 1 aromatic carbocycles. The number of rotatable bonds is 3. The van der Waals surface area contributed by atoms with Gasteiger partial charge in [-0.2, -0.15) is 0 Å². The number of sulfonamides is 1. The first-order valence-corrected chi connectivity index (χ1v) is 8.42. The SMILES string of the molecule is O=S(=O)(NC1CCCCCC1O)c1cc(F)ccc1Cl. The van der Waals surface area contributed by atoms with E-state index in [4.69, 9.17) is 11.6 Å². The summed E-state index contributed by atoms with van der Waals surface area (Å²) in [5.41, 5.74) is 0. The summed E-state index contributed by atoms with van der Waals surface area (Å²) >= 11 is 5.82. The monoisotopic (exact) mass is 321 g/mol. The van der Waals surface area contributed by atoms with Crippen molar-refractivity contribution in [3.05, 3.63) is 29.0 Å². The number of aliphatic hydroxyl groups excluding tert-OH is 1. The first-order valence-electron chi connectivity index (χ1n) is 6.55. The molecule has 0 amide bonds. The van der Waals surface area contributed by atoms with Gasteiger partial charge in [0.25, 0.3) is 0 Å². The first kappa shape index (κ1) is 15.7. The molecule has 0 spiro atoms. The van der Waals surface area contributed by atoms with E-state index in [1.54, 1.807) is 0 Å². The predicted octanol–water partition coefficient (Wildman–Crippen LogP) is 2.45. The molecule has 0 aliphatic heterocycles. The summed E-state index contributed by atoms with van der Waals surface area (Å²) in [6.45, 7) is 0. The van der Waals surface area contributed by atoms with Crippen LogP contribution >= 0.6 is 11.6 Å². The van der Waals surface area contributed by atoms with Crippen molar-refractivity contribution >= 4 is 21.6 Å². The number of benzene rings is 1. The standard InChI is InChI=1S/C13H17ClFNO3S/c14-10-7-6-9(15)8-13(10)20(18,19)16-11-4-2-1-3-5-12(11)17/h6-8,11-12,16-17H,1-5H2. The van der Waals surface area contributed by atoms with Gasteiger partial charge in [-0.3, -0.25) is 0 Å². The summed E-state index contributed by atoms with van der Waals surface area (Å²) in [6, 6.07) is 2.63. The smallest absolute Gasteiger partial charge is 0.242 e. The minimum atomic E-state index is -3.94. The molecule has 1 saturated carbocycles. The van der Waals surface area contributed by atoms with E-state index < -0.39 is 28.0 Å². The topological polar surface area (TPSA) is 66.4 Å². The van der Waals surface area contributed by atoms with Crippen molar-refractivity contribution in [2.45, 2.75) is 49.1 Å². The maximum atomic E-state index is 13.2. The van der Waals surface area contributed by atoms with Crippen molar-refractivity contribution in [3.8, 4) is 0 Å². The highest BCUT2D eigenvalue weighted by molar-refractivity contribution is 7.89. The zero-order valence-corrected chi connectivity index (χ0v) is 12.4. The third kappa shape index (κ3) is 3.69. The number of halogens is 2. The first-order chi connectivity index (χ1) is 9.40. The van der Waals surface area contributed by atoms with Crippen LogP contribution in [0.2, 0.25) is 5.02 Å². The summed E-state index contributed by atoms with van der Waals surface area (Å²) in [5.74, 6) is -0.670. The van der Waals surface area contributed by atoms with Crippen LogP contribution in [0, 0.1) is 5.82 Å². The van der Waals surface area contributed by atoms with Gasteiger partial charge >= 0.3 is 0 Å². The molecule has 1 aliphatic carbocycles. The van der Waals surface area contributed by atoms with E-state index in [2.05, 4.69) is 4.72 Å². The van der Waals surface area contributed by atoms with E-state index in [9.17, 15) is 17.9 Å². The highest BCUT2D eigenvalue weighted by Gasteiger charge is 2.28. The summed E-state index contributed by atoms with van der Waals surface area (Å²) in [6.07, 6.45) is 3.09. The van der Waals surface area contributed by atoms with E-state index in [0.29, 0.717) is 12.8 Å². The molecule has 7 heteroatoms. The molecule has 2 N–H and O–H groups in total. The predicted molar refractivity (Wildman–Crippen MR) is 74.6 cm³/mol. The quantitative estimate of drug-likeness (QED) is 0.840. The number of nitrogens with one attached hydrogen (secondary N) is 1. The van der Waals surface area contributed by atoms with Gasteiger partial charge in [-0.15, -0.1) is 0 Å². The van der Waals surface area contributed by atoms with Crippen molar-refractivity contribution in [1.29, 1.82) is 0 Å². The van der Waals surface area contributed by atoms with Crippen LogP contribution in [0.25, 0.3) is 0 Å². The third-order valence-corrected chi connectivity index (χ3v) is 5.44. The Labute approximate surface area is 123 Å². The second-order valence-corrected chi connectivity index (χ2v) is 7.10. The van der Waals surface area contributed by atoms with Crippen molar-refractivity contribution in [3.63, 3.8) is 0 Å². The van der Waals surface area contributed by atoms with Crippen LogP contribution in [0.3, 0.4) is 0 Å². The Morgan fingerprint density at radius 1 is 1.25 bits per heavy atom. The lowest BCUT2D eigenvalue weighted by Crippen LogP contribution is -2.42. The molecule has 2 rings (SSSR count). The van der Waals surface area contributed by atoms with E-state index in [1.165, 1.54) is 6.07 Å². The Kier molecular flexibility index (Phi) is 5.01. The average molecular weight is 322 g/mol. The molecule has 0 radical (unpaired) electrons. The molecule has 112 valence electrons. The molecule has 2 unspecified atom stereocenters. The maximum Gasteiger partial charge on any atom is 0.242 e. The third-order valence-electron chi connectivity index (χ3n) is 3.47. The molecule has 1 aromatic rings. The van der Waals surface area contributed by atoms with Gasteiger partial charge in [-0.25, -0.2) is 17.5 Å². The van der Waals surface area contributed by atoms with Crippen molar-refractivity contribution in [1.82, 2.24) is 4.72 Å². The summed E-state index contributed by atoms with van der Waals surface area (Å²) in [7, 11) is -3.94. The molecule has 20 heavy (non-hydrogen) atoms. The summed E-state index contributed by atoms with van der Waals surface area (Å²) < 4.78 is 40.2. The zero-order valence-electron chi connectivity index (χ0n) is 10.9. The molecule has 0 heterocycles. The lowest BCUT2D eigenvalue weighted by atomic mass is 10.1. The van der Waals surface area contributed by atoms with Crippen LogP contribution in [0.15, 0.2) is 23.1 Å². The lowest BCUT2D eigenvalue weighted by molar-refractivity contribution is 0.130. The van der Waals surface area contributed by atoms with Crippen LogP contribution < -0.4 is 4.72 Å². The normalized spacial score (nSPS) is 24.4. The molecular formula is C13H17ClFNO3S.